The highest BCUT2D eigenvalue weighted by Gasteiger charge is 1.97. The molecule has 1 aromatic carbocycles. The molecule has 0 heterocycles. The Bertz CT molecular complexity index is 238. The number of hydrogen-bond donors (Lipinski definition) is 2. The van der Waals surface area contributed by atoms with Crippen molar-refractivity contribution in [1.29, 1.82) is 0 Å². The molecule has 0 atom stereocenters. The summed E-state index contributed by atoms with van der Waals surface area (Å²) in [6.45, 7) is 3.05. The van der Waals surface area contributed by atoms with Crippen LogP contribution in [0.25, 0.3) is 0 Å². The van der Waals surface area contributed by atoms with Gasteiger partial charge in [-0.2, -0.15) is 5.48 Å². The fraction of sp³-hybridized carbons (Fsp3) is 0.333. The first-order chi connectivity index (χ1) is 5.84. The van der Waals surface area contributed by atoms with E-state index in [1.54, 1.807) is 12.1 Å². The van der Waals surface area contributed by atoms with Gasteiger partial charge in [-0.25, -0.2) is 0 Å². The van der Waals surface area contributed by atoms with Crippen LogP contribution in [0.4, 0.5) is 0 Å². The standard InChI is InChI=1S/C9H13NO2/c1-2-12-10-7-8-5-3-4-6-9(8)11/h3-6,10-11H,2,7H2,1H3. The van der Waals surface area contributed by atoms with Crippen LogP contribution < -0.4 is 5.48 Å². The van der Waals surface area contributed by atoms with Crippen LogP contribution >= 0.6 is 0 Å². The molecule has 2 N–H and O–H groups in total. The molecule has 0 spiro atoms. The van der Waals surface area contributed by atoms with Crippen molar-refractivity contribution in [1.82, 2.24) is 5.48 Å². The lowest BCUT2D eigenvalue weighted by atomic mass is 10.2. The first-order valence-corrected chi connectivity index (χ1v) is 3.96. The van der Waals surface area contributed by atoms with Gasteiger partial charge in [0.25, 0.3) is 0 Å². The van der Waals surface area contributed by atoms with Gasteiger partial charge in [-0.1, -0.05) is 18.2 Å². The Hall–Kier alpha value is -1.06. The summed E-state index contributed by atoms with van der Waals surface area (Å²) >= 11 is 0. The maximum atomic E-state index is 9.31. The van der Waals surface area contributed by atoms with Gasteiger partial charge in [0.05, 0.1) is 6.61 Å². The summed E-state index contributed by atoms with van der Waals surface area (Å²) in [5.41, 5.74) is 3.57. The lowest BCUT2D eigenvalue weighted by Crippen LogP contribution is -2.13. The summed E-state index contributed by atoms with van der Waals surface area (Å²) < 4.78 is 0. The summed E-state index contributed by atoms with van der Waals surface area (Å²) in [7, 11) is 0. The van der Waals surface area contributed by atoms with E-state index in [0.29, 0.717) is 18.9 Å². The monoisotopic (exact) mass is 167 g/mol. The van der Waals surface area contributed by atoms with Crippen molar-refractivity contribution < 1.29 is 9.94 Å². The molecule has 0 amide bonds. The van der Waals surface area contributed by atoms with E-state index in [9.17, 15) is 5.11 Å². The molecule has 0 unspecified atom stereocenters. The quantitative estimate of drug-likeness (QED) is 0.526. The van der Waals surface area contributed by atoms with Crippen molar-refractivity contribution in [3.8, 4) is 5.75 Å². The minimum absolute atomic E-state index is 0.296. The van der Waals surface area contributed by atoms with Crippen LogP contribution in [0, 0.1) is 0 Å². The fourth-order valence-corrected chi connectivity index (χ4v) is 0.891. The molecule has 12 heavy (non-hydrogen) atoms. The number of hydroxylamine groups is 1. The van der Waals surface area contributed by atoms with Crippen LogP contribution in [0.5, 0.6) is 5.75 Å². The Morgan fingerprint density at radius 1 is 1.42 bits per heavy atom. The summed E-state index contributed by atoms with van der Waals surface area (Å²) in [6, 6.07) is 7.17. The minimum Gasteiger partial charge on any atom is -0.508 e. The third-order valence-corrected chi connectivity index (χ3v) is 1.50. The average molecular weight is 167 g/mol. The molecular formula is C9H13NO2. The van der Waals surface area contributed by atoms with E-state index in [1.165, 1.54) is 0 Å². The van der Waals surface area contributed by atoms with E-state index in [4.69, 9.17) is 4.84 Å². The Labute approximate surface area is 71.9 Å². The highest BCUT2D eigenvalue weighted by molar-refractivity contribution is 5.31. The third-order valence-electron chi connectivity index (χ3n) is 1.50. The molecule has 0 fully saturated rings. The molecule has 0 saturated carbocycles. The first kappa shape index (κ1) is 9.03. The molecule has 0 aromatic heterocycles. The molecule has 1 rings (SSSR count). The van der Waals surface area contributed by atoms with Gasteiger partial charge in [-0.15, -0.1) is 0 Å². The Balaban J connectivity index is 2.46. The van der Waals surface area contributed by atoms with Gasteiger partial charge < -0.3 is 9.94 Å². The predicted molar refractivity (Wildman–Crippen MR) is 46.6 cm³/mol. The summed E-state index contributed by atoms with van der Waals surface area (Å²) in [5, 5.41) is 9.31. The van der Waals surface area contributed by atoms with Gasteiger partial charge in [-0.05, 0) is 13.0 Å². The number of para-hydroxylation sites is 1. The second-order valence-corrected chi connectivity index (χ2v) is 2.38. The van der Waals surface area contributed by atoms with Crippen LogP contribution in [0.1, 0.15) is 12.5 Å². The molecule has 0 radical (unpaired) electrons. The molecule has 1 aromatic rings. The first-order valence-electron chi connectivity index (χ1n) is 3.96. The fourth-order valence-electron chi connectivity index (χ4n) is 0.891. The van der Waals surface area contributed by atoms with E-state index in [0.717, 1.165) is 5.56 Å². The van der Waals surface area contributed by atoms with E-state index in [1.807, 2.05) is 19.1 Å². The Kier molecular flexibility index (Phi) is 3.57. The zero-order valence-corrected chi connectivity index (χ0v) is 7.08. The maximum Gasteiger partial charge on any atom is 0.120 e. The van der Waals surface area contributed by atoms with Crippen molar-refractivity contribution >= 4 is 0 Å². The minimum atomic E-state index is 0.296. The molecule has 66 valence electrons. The van der Waals surface area contributed by atoms with Crippen LogP contribution in [0.3, 0.4) is 0 Å². The smallest absolute Gasteiger partial charge is 0.120 e. The van der Waals surface area contributed by atoms with Gasteiger partial charge in [0, 0.05) is 12.1 Å². The van der Waals surface area contributed by atoms with Crippen LogP contribution in [-0.4, -0.2) is 11.7 Å². The molecule has 0 aliphatic heterocycles. The lowest BCUT2D eigenvalue weighted by molar-refractivity contribution is 0.0459. The number of nitrogens with one attached hydrogen (secondary N) is 1. The molecule has 3 nitrogen and oxygen atoms in total. The molecule has 3 heteroatoms. The van der Waals surface area contributed by atoms with Crippen molar-refractivity contribution in [3.63, 3.8) is 0 Å². The van der Waals surface area contributed by atoms with Crippen molar-refractivity contribution in [2.75, 3.05) is 6.61 Å². The zero-order valence-electron chi connectivity index (χ0n) is 7.08. The number of hydrogen-bond acceptors (Lipinski definition) is 3. The molecular weight excluding hydrogens is 154 g/mol. The largest absolute Gasteiger partial charge is 0.508 e. The van der Waals surface area contributed by atoms with Crippen molar-refractivity contribution in [2.24, 2.45) is 0 Å². The highest BCUT2D eigenvalue weighted by Crippen LogP contribution is 2.14. The summed E-state index contributed by atoms with van der Waals surface area (Å²) in [5.74, 6) is 0.296. The number of rotatable bonds is 4. The number of benzene rings is 1. The lowest BCUT2D eigenvalue weighted by Gasteiger charge is -2.04. The molecule has 0 saturated heterocycles. The van der Waals surface area contributed by atoms with Gasteiger partial charge in [-0.3, -0.25) is 0 Å². The highest BCUT2D eigenvalue weighted by atomic mass is 16.6. The zero-order chi connectivity index (χ0) is 8.81. The normalized spacial score (nSPS) is 10.1. The number of phenols is 1. The van der Waals surface area contributed by atoms with Crippen LogP contribution in [0.15, 0.2) is 24.3 Å². The van der Waals surface area contributed by atoms with E-state index in [-0.39, 0.29) is 0 Å². The van der Waals surface area contributed by atoms with Crippen LogP contribution in [-0.2, 0) is 11.4 Å². The van der Waals surface area contributed by atoms with E-state index < -0.39 is 0 Å². The van der Waals surface area contributed by atoms with Gasteiger partial charge in [0.2, 0.25) is 0 Å². The second kappa shape index (κ2) is 4.74. The summed E-state index contributed by atoms with van der Waals surface area (Å²) in [6.07, 6.45) is 0. The molecule has 0 bridgehead atoms. The van der Waals surface area contributed by atoms with Gasteiger partial charge >= 0.3 is 0 Å². The second-order valence-electron chi connectivity index (χ2n) is 2.38. The summed E-state index contributed by atoms with van der Waals surface area (Å²) in [4.78, 5) is 4.93. The Morgan fingerprint density at radius 3 is 2.83 bits per heavy atom. The number of aromatic hydroxyl groups is 1. The third kappa shape index (κ3) is 2.53. The maximum absolute atomic E-state index is 9.31. The van der Waals surface area contributed by atoms with Crippen molar-refractivity contribution in [2.45, 2.75) is 13.5 Å². The van der Waals surface area contributed by atoms with Gasteiger partial charge in [0.1, 0.15) is 5.75 Å². The number of phenolic OH excluding ortho intramolecular Hbond substituents is 1. The average Bonchev–Trinajstić information content (AvgIpc) is 2.09. The molecule has 0 aliphatic carbocycles. The van der Waals surface area contributed by atoms with E-state index >= 15 is 0 Å². The van der Waals surface area contributed by atoms with E-state index in [2.05, 4.69) is 5.48 Å². The van der Waals surface area contributed by atoms with Crippen molar-refractivity contribution in [3.05, 3.63) is 29.8 Å². The Morgan fingerprint density at radius 2 is 2.17 bits per heavy atom. The molecule has 0 aliphatic rings. The topological polar surface area (TPSA) is 41.5 Å². The van der Waals surface area contributed by atoms with Gasteiger partial charge in [0.15, 0.2) is 0 Å². The SMILES string of the molecule is CCONCc1ccccc1O. The van der Waals surface area contributed by atoms with Crippen LogP contribution in [0.2, 0.25) is 0 Å². The predicted octanol–water partition coefficient (Wildman–Crippen LogP) is 1.43.